The summed E-state index contributed by atoms with van der Waals surface area (Å²) in [5.41, 5.74) is 0. The van der Waals surface area contributed by atoms with Crippen molar-refractivity contribution in [2.24, 2.45) is 0 Å². The van der Waals surface area contributed by atoms with Crippen molar-refractivity contribution >= 4 is 11.9 Å². The lowest BCUT2D eigenvalue weighted by molar-refractivity contribution is -0.924. The number of methoxy groups -OCH3 is 1. The van der Waals surface area contributed by atoms with E-state index in [0.717, 1.165) is 4.90 Å². The molecule has 104 valence electrons. The molecule has 1 aliphatic rings. The van der Waals surface area contributed by atoms with Gasteiger partial charge in [-0.2, -0.15) is 0 Å². The molecule has 0 saturated carbocycles. The number of hydrogen-bond acceptors (Lipinski definition) is 6. The molecular formula is C11H19NO6. The Balaban J connectivity index is 2.52. The molecule has 0 aliphatic carbocycles. The van der Waals surface area contributed by atoms with E-state index < -0.39 is 18.0 Å². The highest BCUT2D eigenvalue weighted by atomic mass is 16.6. The molecule has 0 aromatic carbocycles. The first-order valence-corrected chi connectivity index (χ1v) is 5.93. The number of aliphatic carboxylic acids is 1. The molecule has 0 radical (unpaired) electrons. The Bertz CT molecular complexity index is 277. The number of carboxylic acids is 1. The standard InChI is InChI=1S/C11H19NO6/c1-16-6-7-18-11(15)9(8-10(13)14)12-2-4-17-5-3-12/h9H,2-8H2,1H3,(H,13,14)/t9-/m1/s1. The summed E-state index contributed by atoms with van der Waals surface area (Å²) in [7, 11) is 1.50. The fourth-order valence-electron chi connectivity index (χ4n) is 1.87. The molecule has 1 saturated heterocycles. The predicted octanol–water partition coefficient (Wildman–Crippen LogP) is -3.40. The van der Waals surface area contributed by atoms with E-state index in [0.29, 0.717) is 32.9 Å². The molecule has 1 heterocycles. The Morgan fingerprint density at radius 3 is 2.56 bits per heavy atom. The number of morpholine rings is 1. The van der Waals surface area contributed by atoms with E-state index in [1.54, 1.807) is 0 Å². The van der Waals surface area contributed by atoms with Crippen molar-refractivity contribution in [1.82, 2.24) is 0 Å². The molecule has 7 nitrogen and oxygen atoms in total. The molecule has 0 bridgehead atoms. The predicted molar refractivity (Wildman–Crippen MR) is 57.8 cm³/mol. The van der Waals surface area contributed by atoms with Crippen molar-refractivity contribution in [3.05, 3.63) is 0 Å². The molecular weight excluding hydrogens is 242 g/mol. The maximum absolute atomic E-state index is 11.8. The highest BCUT2D eigenvalue weighted by molar-refractivity contribution is 5.79. The Morgan fingerprint density at radius 2 is 2.00 bits per heavy atom. The lowest BCUT2D eigenvalue weighted by Gasteiger charge is -2.30. The van der Waals surface area contributed by atoms with E-state index in [4.69, 9.17) is 14.2 Å². The SMILES string of the molecule is COCCOC(=O)[C@@H](CC(=O)[O-])[NH+]1CCOCC1. The molecule has 0 spiro atoms. The third kappa shape index (κ3) is 4.99. The molecule has 0 amide bonds. The van der Waals surface area contributed by atoms with Gasteiger partial charge in [0.05, 0.1) is 26.2 Å². The van der Waals surface area contributed by atoms with Crippen molar-refractivity contribution in [3.8, 4) is 0 Å². The molecule has 1 aliphatic heterocycles. The smallest absolute Gasteiger partial charge is 0.365 e. The van der Waals surface area contributed by atoms with E-state index in [9.17, 15) is 14.7 Å². The van der Waals surface area contributed by atoms with Crippen LogP contribution in [0, 0.1) is 0 Å². The maximum Gasteiger partial charge on any atom is 0.365 e. The highest BCUT2D eigenvalue weighted by Crippen LogP contribution is 1.93. The first-order valence-electron chi connectivity index (χ1n) is 5.93. The van der Waals surface area contributed by atoms with Crippen LogP contribution in [-0.2, 0) is 23.8 Å². The van der Waals surface area contributed by atoms with E-state index >= 15 is 0 Å². The second-order valence-electron chi connectivity index (χ2n) is 4.06. The lowest BCUT2D eigenvalue weighted by atomic mass is 10.1. The summed E-state index contributed by atoms with van der Waals surface area (Å²) >= 11 is 0. The monoisotopic (exact) mass is 261 g/mol. The minimum absolute atomic E-state index is 0.128. The second kappa shape index (κ2) is 8.02. The van der Waals surface area contributed by atoms with E-state index in [1.807, 2.05) is 0 Å². The number of hydrogen-bond donors (Lipinski definition) is 1. The van der Waals surface area contributed by atoms with Gasteiger partial charge in [-0.05, 0) is 0 Å². The average Bonchev–Trinajstić information content (AvgIpc) is 2.37. The van der Waals surface area contributed by atoms with Gasteiger partial charge in [0.15, 0.2) is 6.04 Å². The number of ether oxygens (including phenoxy) is 3. The van der Waals surface area contributed by atoms with Crippen LogP contribution < -0.4 is 10.0 Å². The van der Waals surface area contributed by atoms with Crippen LogP contribution in [0.2, 0.25) is 0 Å². The Labute approximate surface area is 106 Å². The Hall–Kier alpha value is -1.18. The zero-order valence-electron chi connectivity index (χ0n) is 10.5. The zero-order chi connectivity index (χ0) is 13.4. The van der Waals surface area contributed by atoms with Crippen LogP contribution in [0.25, 0.3) is 0 Å². The summed E-state index contributed by atoms with van der Waals surface area (Å²) < 4.78 is 14.9. The summed E-state index contributed by atoms with van der Waals surface area (Å²) in [6, 6.07) is -0.726. The van der Waals surface area contributed by atoms with Gasteiger partial charge in [-0.3, -0.25) is 0 Å². The van der Waals surface area contributed by atoms with Crippen molar-refractivity contribution in [2.45, 2.75) is 12.5 Å². The second-order valence-corrected chi connectivity index (χ2v) is 4.06. The lowest BCUT2D eigenvalue weighted by Crippen LogP contribution is -3.18. The van der Waals surface area contributed by atoms with Crippen LogP contribution in [-0.4, -0.2) is 64.6 Å². The molecule has 7 heteroatoms. The number of carboxylic acid groups (broad SMARTS) is 1. The minimum Gasteiger partial charge on any atom is -0.550 e. The Morgan fingerprint density at radius 1 is 1.33 bits per heavy atom. The van der Waals surface area contributed by atoms with Gasteiger partial charge in [0.25, 0.3) is 0 Å². The van der Waals surface area contributed by atoms with Gasteiger partial charge in [0, 0.05) is 13.1 Å². The van der Waals surface area contributed by atoms with Gasteiger partial charge in [0.1, 0.15) is 19.7 Å². The average molecular weight is 261 g/mol. The van der Waals surface area contributed by atoms with Crippen molar-refractivity contribution in [1.29, 1.82) is 0 Å². The summed E-state index contributed by atoms with van der Waals surface area (Å²) in [4.78, 5) is 23.4. The molecule has 0 aromatic rings. The van der Waals surface area contributed by atoms with E-state index in [-0.39, 0.29) is 13.0 Å². The molecule has 1 N–H and O–H groups in total. The number of rotatable bonds is 7. The highest BCUT2D eigenvalue weighted by Gasteiger charge is 2.32. The number of carbonyl (C=O) groups is 2. The quantitative estimate of drug-likeness (QED) is 0.379. The van der Waals surface area contributed by atoms with Crippen LogP contribution in [0.3, 0.4) is 0 Å². The molecule has 1 fully saturated rings. The summed E-state index contributed by atoms with van der Waals surface area (Å²) in [5, 5.41) is 10.7. The summed E-state index contributed by atoms with van der Waals surface area (Å²) in [5.74, 6) is -1.77. The normalized spacial score (nSPS) is 18.3. The molecule has 1 atom stereocenters. The van der Waals surface area contributed by atoms with Gasteiger partial charge in [0.2, 0.25) is 0 Å². The zero-order valence-corrected chi connectivity index (χ0v) is 10.5. The van der Waals surface area contributed by atoms with Crippen molar-refractivity contribution < 1.29 is 33.8 Å². The third-order valence-corrected chi connectivity index (χ3v) is 2.81. The number of nitrogens with one attached hydrogen (secondary N) is 1. The third-order valence-electron chi connectivity index (χ3n) is 2.81. The number of quaternary nitrogens is 1. The van der Waals surface area contributed by atoms with Gasteiger partial charge < -0.3 is 29.0 Å². The largest absolute Gasteiger partial charge is 0.550 e. The van der Waals surface area contributed by atoms with Gasteiger partial charge >= 0.3 is 5.97 Å². The first-order chi connectivity index (χ1) is 8.65. The summed E-state index contributed by atoms with van der Waals surface area (Å²) in [6.07, 6.45) is -0.332. The first kappa shape index (κ1) is 14.9. The summed E-state index contributed by atoms with van der Waals surface area (Å²) in [6.45, 7) is 2.65. The van der Waals surface area contributed by atoms with Crippen LogP contribution in [0.5, 0.6) is 0 Å². The molecule has 0 unspecified atom stereocenters. The van der Waals surface area contributed by atoms with E-state index in [2.05, 4.69) is 0 Å². The van der Waals surface area contributed by atoms with Crippen LogP contribution in [0.4, 0.5) is 0 Å². The molecule has 0 aromatic heterocycles. The van der Waals surface area contributed by atoms with Gasteiger partial charge in [-0.15, -0.1) is 0 Å². The topological polar surface area (TPSA) is 89.3 Å². The van der Waals surface area contributed by atoms with Crippen LogP contribution >= 0.6 is 0 Å². The fourth-order valence-corrected chi connectivity index (χ4v) is 1.87. The number of esters is 1. The van der Waals surface area contributed by atoms with Crippen LogP contribution in [0.15, 0.2) is 0 Å². The van der Waals surface area contributed by atoms with E-state index in [1.165, 1.54) is 7.11 Å². The maximum atomic E-state index is 11.8. The number of carbonyl (C=O) groups excluding carboxylic acids is 2. The minimum atomic E-state index is -1.25. The van der Waals surface area contributed by atoms with Crippen LogP contribution in [0.1, 0.15) is 6.42 Å². The molecule has 18 heavy (non-hydrogen) atoms. The van der Waals surface area contributed by atoms with Gasteiger partial charge in [-0.25, -0.2) is 4.79 Å². The van der Waals surface area contributed by atoms with Crippen molar-refractivity contribution in [3.63, 3.8) is 0 Å². The molecule has 1 rings (SSSR count). The fraction of sp³-hybridized carbons (Fsp3) is 0.818. The Kier molecular flexibility index (Phi) is 6.63. The van der Waals surface area contributed by atoms with Gasteiger partial charge in [-0.1, -0.05) is 0 Å². The van der Waals surface area contributed by atoms with Crippen molar-refractivity contribution in [2.75, 3.05) is 46.6 Å².